The molecule has 184 valence electrons. The summed E-state index contributed by atoms with van der Waals surface area (Å²) in [4.78, 5) is 32.3. The molecule has 2 aromatic rings. The van der Waals surface area contributed by atoms with Crippen molar-refractivity contribution in [3.63, 3.8) is 0 Å². The van der Waals surface area contributed by atoms with Gasteiger partial charge in [0.15, 0.2) is 0 Å². The van der Waals surface area contributed by atoms with Crippen LogP contribution in [0, 0.1) is 0 Å². The Morgan fingerprint density at radius 3 is 2.12 bits per heavy atom. The molecule has 1 fully saturated rings. The maximum absolute atomic E-state index is 13.2. The molecule has 0 bridgehead atoms. The van der Waals surface area contributed by atoms with Crippen molar-refractivity contribution in [2.45, 2.75) is 58.9 Å². The number of amides is 2. The molecule has 1 aliphatic heterocycles. The number of rotatable bonds is 12. The molecule has 0 radical (unpaired) electrons. The number of hydrogen-bond donors (Lipinski definition) is 0. The SMILES string of the molecule is CCCCc1ccc(C(=O)N(CCCC)CCC(=O)N2CCN(Cc3ccccc3)CC2)cc1. The number of piperazine rings is 1. The standard InChI is InChI=1S/C29H41N3O2/c1-3-5-10-25-13-15-27(16-14-25)29(34)32(18-6-4-2)19-17-28(33)31-22-20-30(21-23-31)24-26-11-8-7-9-12-26/h7-9,11-16H,3-6,10,17-24H2,1-2H3. The molecular formula is C29H41N3O2. The fourth-order valence-electron chi connectivity index (χ4n) is 4.43. The average Bonchev–Trinajstić information content (AvgIpc) is 2.88. The van der Waals surface area contributed by atoms with E-state index >= 15 is 0 Å². The van der Waals surface area contributed by atoms with Crippen LogP contribution in [0.25, 0.3) is 0 Å². The fraction of sp³-hybridized carbons (Fsp3) is 0.517. The molecule has 1 aliphatic rings. The van der Waals surface area contributed by atoms with Crippen molar-refractivity contribution in [2.75, 3.05) is 39.3 Å². The zero-order valence-corrected chi connectivity index (χ0v) is 21.0. The Labute approximate surface area is 205 Å². The van der Waals surface area contributed by atoms with Gasteiger partial charge in [0, 0.05) is 57.8 Å². The van der Waals surface area contributed by atoms with Gasteiger partial charge in [-0.05, 0) is 42.5 Å². The van der Waals surface area contributed by atoms with Crippen molar-refractivity contribution in [1.29, 1.82) is 0 Å². The number of benzene rings is 2. The largest absolute Gasteiger partial charge is 0.340 e. The Morgan fingerprint density at radius 1 is 0.794 bits per heavy atom. The number of carbonyl (C=O) groups excluding carboxylic acids is 2. The zero-order chi connectivity index (χ0) is 24.2. The molecule has 0 aromatic heterocycles. The van der Waals surface area contributed by atoms with Crippen LogP contribution in [0.1, 0.15) is 67.4 Å². The maximum atomic E-state index is 13.2. The Morgan fingerprint density at radius 2 is 1.47 bits per heavy atom. The Hall–Kier alpha value is -2.66. The lowest BCUT2D eigenvalue weighted by Crippen LogP contribution is -2.49. The van der Waals surface area contributed by atoms with Gasteiger partial charge in [0.05, 0.1) is 0 Å². The normalized spacial score (nSPS) is 14.2. The Bertz CT molecular complexity index is 874. The molecule has 0 saturated carbocycles. The predicted molar refractivity (Wildman–Crippen MR) is 139 cm³/mol. The summed E-state index contributed by atoms with van der Waals surface area (Å²) >= 11 is 0. The lowest BCUT2D eigenvalue weighted by molar-refractivity contribution is -0.133. The topological polar surface area (TPSA) is 43.9 Å². The number of hydrogen-bond acceptors (Lipinski definition) is 3. The summed E-state index contributed by atoms with van der Waals surface area (Å²) in [5.41, 5.74) is 3.31. The van der Waals surface area contributed by atoms with Crippen LogP contribution in [0.5, 0.6) is 0 Å². The first-order valence-corrected chi connectivity index (χ1v) is 13.0. The minimum Gasteiger partial charge on any atom is -0.340 e. The third-order valence-electron chi connectivity index (χ3n) is 6.66. The Balaban J connectivity index is 1.49. The van der Waals surface area contributed by atoms with Gasteiger partial charge in [-0.3, -0.25) is 14.5 Å². The zero-order valence-electron chi connectivity index (χ0n) is 21.0. The molecule has 34 heavy (non-hydrogen) atoms. The van der Waals surface area contributed by atoms with Crippen LogP contribution in [0.15, 0.2) is 54.6 Å². The molecule has 0 unspecified atom stereocenters. The maximum Gasteiger partial charge on any atom is 0.253 e. The third-order valence-corrected chi connectivity index (χ3v) is 6.66. The van der Waals surface area contributed by atoms with Gasteiger partial charge in [-0.15, -0.1) is 0 Å². The van der Waals surface area contributed by atoms with E-state index in [1.54, 1.807) is 0 Å². The van der Waals surface area contributed by atoms with Crippen LogP contribution in [0.3, 0.4) is 0 Å². The molecular weight excluding hydrogens is 422 g/mol. The molecule has 2 amide bonds. The first kappa shape index (κ1) is 26.0. The number of unbranched alkanes of at least 4 members (excludes halogenated alkanes) is 2. The van der Waals surface area contributed by atoms with Crippen LogP contribution in [-0.2, 0) is 17.8 Å². The van der Waals surface area contributed by atoms with Gasteiger partial charge < -0.3 is 9.80 Å². The molecule has 5 heteroatoms. The predicted octanol–water partition coefficient (Wildman–Crippen LogP) is 5.01. The highest BCUT2D eigenvalue weighted by atomic mass is 16.2. The van der Waals surface area contributed by atoms with Gasteiger partial charge in [-0.2, -0.15) is 0 Å². The van der Waals surface area contributed by atoms with Crippen molar-refractivity contribution in [3.05, 3.63) is 71.3 Å². The van der Waals surface area contributed by atoms with E-state index in [2.05, 4.69) is 55.1 Å². The molecule has 0 N–H and O–H groups in total. The van der Waals surface area contributed by atoms with E-state index in [-0.39, 0.29) is 11.8 Å². The number of nitrogens with zero attached hydrogens (tertiary/aromatic N) is 3. The van der Waals surface area contributed by atoms with Crippen LogP contribution in [0.4, 0.5) is 0 Å². The average molecular weight is 464 g/mol. The molecule has 3 rings (SSSR count). The first-order valence-electron chi connectivity index (χ1n) is 13.0. The van der Waals surface area contributed by atoms with Crippen LogP contribution >= 0.6 is 0 Å². The minimum absolute atomic E-state index is 0.0379. The summed E-state index contributed by atoms with van der Waals surface area (Å²) in [6, 6.07) is 18.5. The van der Waals surface area contributed by atoms with Crippen molar-refractivity contribution >= 4 is 11.8 Å². The smallest absolute Gasteiger partial charge is 0.253 e. The van der Waals surface area contributed by atoms with Crippen molar-refractivity contribution in [1.82, 2.24) is 14.7 Å². The fourth-order valence-corrected chi connectivity index (χ4v) is 4.43. The van der Waals surface area contributed by atoms with E-state index in [1.165, 1.54) is 24.0 Å². The number of aryl methyl sites for hydroxylation is 1. The summed E-state index contributed by atoms with van der Waals surface area (Å²) in [6.07, 6.45) is 5.75. The summed E-state index contributed by atoms with van der Waals surface area (Å²) in [5.74, 6) is 0.194. The van der Waals surface area contributed by atoms with E-state index in [0.29, 0.717) is 19.5 Å². The van der Waals surface area contributed by atoms with Crippen LogP contribution in [-0.4, -0.2) is 65.8 Å². The first-order chi connectivity index (χ1) is 16.6. The quantitative estimate of drug-likeness (QED) is 0.445. The summed E-state index contributed by atoms with van der Waals surface area (Å²) in [6.45, 7) is 9.74. The van der Waals surface area contributed by atoms with Gasteiger partial charge in [-0.1, -0.05) is 69.2 Å². The van der Waals surface area contributed by atoms with E-state index < -0.39 is 0 Å². The lowest BCUT2D eigenvalue weighted by Gasteiger charge is -2.35. The van der Waals surface area contributed by atoms with Gasteiger partial charge in [0.25, 0.3) is 5.91 Å². The summed E-state index contributed by atoms with van der Waals surface area (Å²) < 4.78 is 0. The molecule has 0 atom stereocenters. The molecule has 1 saturated heterocycles. The molecule has 0 spiro atoms. The van der Waals surface area contributed by atoms with Crippen molar-refractivity contribution < 1.29 is 9.59 Å². The summed E-state index contributed by atoms with van der Waals surface area (Å²) in [7, 11) is 0. The van der Waals surface area contributed by atoms with Gasteiger partial charge in [-0.25, -0.2) is 0 Å². The second-order valence-electron chi connectivity index (χ2n) is 9.34. The highest BCUT2D eigenvalue weighted by molar-refractivity contribution is 5.94. The molecule has 1 heterocycles. The van der Waals surface area contributed by atoms with Crippen LogP contribution < -0.4 is 0 Å². The van der Waals surface area contributed by atoms with E-state index in [1.807, 2.05) is 28.0 Å². The molecule has 2 aromatic carbocycles. The Kier molecular flexibility index (Phi) is 10.6. The molecule has 0 aliphatic carbocycles. The second-order valence-corrected chi connectivity index (χ2v) is 9.34. The molecule has 5 nitrogen and oxygen atoms in total. The van der Waals surface area contributed by atoms with Gasteiger partial charge in [0.2, 0.25) is 5.91 Å². The van der Waals surface area contributed by atoms with Gasteiger partial charge in [0.1, 0.15) is 0 Å². The monoisotopic (exact) mass is 463 g/mol. The van der Waals surface area contributed by atoms with E-state index in [0.717, 1.165) is 57.5 Å². The highest BCUT2D eigenvalue weighted by Gasteiger charge is 2.23. The van der Waals surface area contributed by atoms with Crippen molar-refractivity contribution in [2.24, 2.45) is 0 Å². The summed E-state index contributed by atoms with van der Waals surface area (Å²) in [5, 5.41) is 0. The van der Waals surface area contributed by atoms with E-state index in [4.69, 9.17) is 0 Å². The van der Waals surface area contributed by atoms with Gasteiger partial charge >= 0.3 is 0 Å². The second kappa shape index (κ2) is 13.9. The van der Waals surface area contributed by atoms with E-state index in [9.17, 15) is 9.59 Å². The minimum atomic E-state index is 0.0379. The lowest BCUT2D eigenvalue weighted by atomic mass is 10.1. The van der Waals surface area contributed by atoms with Crippen molar-refractivity contribution in [3.8, 4) is 0 Å². The highest BCUT2D eigenvalue weighted by Crippen LogP contribution is 2.13. The number of carbonyl (C=O) groups is 2. The van der Waals surface area contributed by atoms with Crippen LogP contribution in [0.2, 0.25) is 0 Å². The third kappa shape index (κ3) is 7.98.